The number of fused-ring (bicyclic) bond motifs is 3. The number of ketones is 2. The Kier molecular flexibility index (Phi) is 13.7. The third-order valence-electron chi connectivity index (χ3n) is 10.7. The number of ether oxygens (including phenoxy) is 1. The van der Waals surface area contributed by atoms with Crippen LogP contribution in [0.1, 0.15) is 79.1 Å². The van der Waals surface area contributed by atoms with E-state index < -0.39 is 71.1 Å². The Hall–Kier alpha value is -6.50. The smallest absolute Gasteiger partial charge is 0.269 e. The van der Waals surface area contributed by atoms with Gasteiger partial charge >= 0.3 is 0 Å². The number of phenolic OH excluding ortho intramolecular Hbond substituents is 2. The minimum Gasteiger partial charge on any atom is -0.507 e. The monoisotopic (exact) mass is 843 g/mol. The standard InChI is InChI=1S/C41H45N7O11S/c1-59-27-9-3-6-23-32(27)38(55)34-33(36(23)53)37(54)24-18-21(11-12-22(24)35(34)52)39(56)43-15-16-44-41(58)26-8-5-17-48(26)31(51)20-46-29(50)19-45-28(49)13-14-42-40(57)25-7-4-10-30(47-25)60-2/h3-4,6-7,9-10,21,26,52,54H,5,8,11-20H2,1-2H3,(H,42,57)(H,43,56)(H,44,58)(H,45,49)(H,46,50)/t21?,26-/m0/s1. The van der Waals surface area contributed by atoms with Crippen LogP contribution < -0.4 is 31.3 Å². The number of aromatic nitrogens is 1. The van der Waals surface area contributed by atoms with Crippen molar-refractivity contribution in [1.82, 2.24) is 36.5 Å². The predicted molar refractivity (Wildman–Crippen MR) is 215 cm³/mol. The summed E-state index contributed by atoms with van der Waals surface area (Å²) in [5.74, 6) is -5.41. The predicted octanol–water partition coefficient (Wildman–Crippen LogP) is 0.380. The molecule has 316 valence electrons. The van der Waals surface area contributed by atoms with E-state index in [0.29, 0.717) is 30.0 Å². The molecule has 6 rings (SSSR count). The van der Waals surface area contributed by atoms with Gasteiger partial charge in [-0.15, -0.1) is 11.8 Å². The SMILES string of the molecule is COc1cccc2c1C(=O)c1c(O)c3c(c(O)c1C2=O)CC(C(=O)NCCNC(=O)[C@@H]1CCCN1C(=O)CNC(=O)CNC(=O)CCNC(=O)c1cccc(SC)n1)CC3. The molecule has 2 aliphatic carbocycles. The maximum atomic E-state index is 13.5. The Bertz CT molecular complexity index is 2270. The summed E-state index contributed by atoms with van der Waals surface area (Å²) in [5.41, 5.74) is 0.177. The van der Waals surface area contributed by atoms with Gasteiger partial charge in [0.05, 0.1) is 41.9 Å². The highest BCUT2D eigenvalue weighted by Crippen LogP contribution is 2.47. The van der Waals surface area contributed by atoms with E-state index >= 15 is 0 Å². The number of pyridine rings is 1. The Balaban J connectivity index is 0.913. The van der Waals surface area contributed by atoms with Crippen molar-refractivity contribution in [2.75, 3.05) is 52.6 Å². The van der Waals surface area contributed by atoms with Crippen molar-refractivity contribution in [2.24, 2.45) is 5.92 Å². The fourth-order valence-corrected chi connectivity index (χ4v) is 8.05. The number of carbonyl (C=O) groups excluding carboxylic acids is 8. The van der Waals surface area contributed by atoms with Crippen molar-refractivity contribution in [3.63, 3.8) is 0 Å². The summed E-state index contributed by atoms with van der Waals surface area (Å²) >= 11 is 1.39. The van der Waals surface area contributed by atoms with E-state index in [4.69, 9.17) is 4.74 Å². The molecule has 1 aromatic heterocycles. The fourth-order valence-electron chi connectivity index (χ4n) is 7.64. The van der Waals surface area contributed by atoms with Crippen LogP contribution in [0.15, 0.2) is 41.4 Å². The minimum absolute atomic E-state index is 0.000915. The van der Waals surface area contributed by atoms with Crippen molar-refractivity contribution < 1.29 is 53.3 Å². The molecule has 6 amide bonds. The van der Waals surface area contributed by atoms with Crippen LogP contribution >= 0.6 is 11.8 Å². The maximum Gasteiger partial charge on any atom is 0.269 e. The van der Waals surface area contributed by atoms with Crippen molar-refractivity contribution >= 4 is 58.8 Å². The zero-order valence-electron chi connectivity index (χ0n) is 33.0. The molecule has 2 aromatic carbocycles. The molecule has 1 unspecified atom stereocenters. The summed E-state index contributed by atoms with van der Waals surface area (Å²) in [6.45, 7) is -0.347. The number of hydrogen-bond donors (Lipinski definition) is 7. The molecule has 1 aliphatic heterocycles. The van der Waals surface area contributed by atoms with E-state index in [1.165, 1.54) is 35.9 Å². The van der Waals surface area contributed by atoms with Gasteiger partial charge in [0.15, 0.2) is 5.78 Å². The number of thioether (sulfide) groups is 1. The van der Waals surface area contributed by atoms with E-state index in [9.17, 15) is 48.6 Å². The van der Waals surface area contributed by atoms with E-state index in [1.807, 2.05) is 6.26 Å². The molecule has 60 heavy (non-hydrogen) atoms. The van der Waals surface area contributed by atoms with Gasteiger partial charge in [-0.3, -0.25) is 38.4 Å². The van der Waals surface area contributed by atoms with E-state index in [-0.39, 0.29) is 97.0 Å². The van der Waals surface area contributed by atoms with Crippen molar-refractivity contribution in [1.29, 1.82) is 0 Å². The molecule has 19 heteroatoms. The lowest BCUT2D eigenvalue weighted by atomic mass is 9.75. The van der Waals surface area contributed by atoms with Crippen LogP contribution in [-0.4, -0.2) is 126 Å². The second kappa shape index (κ2) is 19.0. The number of hydrogen-bond acceptors (Lipinski definition) is 13. The van der Waals surface area contributed by atoms with Crippen LogP contribution in [0.25, 0.3) is 0 Å². The molecule has 2 atom stereocenters. The molecule has 3 aromatic rings. The Morgan fingerprint density at radius 2 is 1.50 bits per heavy atom. The molecule has 0 bridgehead atoms. The number of nitrogens with one attached hydrogen (secondary N) is 5. The quantitative estimate of drug-likeness (QED) is 0.0486. The summed E-state index contributed by atoms with van der Waals surface area (Å²) in [4.78, 5) is 109. The van der Waals surface area contributed by atoms with Gasteiger partial charge in [0, 0.05) is 55.2 Å². The second-order valence-electron chi connectivity index (χ2n) is 14.3. The number of rotatable bonds is 15. The van der Waals surface area contributed by atoms with Crippen LogP contribution in [0.3, 0.4) is 0 Å². The van der Waals surface area contributed by atoms with Crippen LogP contribution in [-0.2, 0) is 36.8 Å². The van der Waals surface area contributed by atoms with Crippen LogP contribution in [0.2, 0.25) is 0 Å². The molecule has 0 radical (unpaired) electrons. The number of amides is 6. The van der Waals surface area contributed by atoms with Gasteiger partial charge in [-0.2, -0.15) is 0 Å². The summed E-state index contributed by atoms with van der Waals surface area (Å²) in [6, 6.07) is 8.78. The molecule has 3 aliphatic rings. The van der Waals surface area contributed by atoms with Crippen molar-refractivity contribution in [3.8, 4) is 17.2 Å². The third kappa shape index (κ3) is 9.20. The van der Waals surface area contributed by atoms with Crippen molar-refractivity contribution in [3.05, 3.63) is 75.5 Å². The van der Waals surface area contributed by atoms with E-state index in [1.54, 1.807) is 24.3 Å². The van der Waals surface area contributed by atoms with Gasteiger partial charge in [0.1, 0.15) is 29.0 Å². The molecule has 2 heterocycles. The van der Waals surface area contributed by atoms with Gasteiger partial charge in [0.2, 0.25) is 35.3 Å². The fraction of sp³-hybridized carbons (Fsp3) is 0.390. The molecular weight excluding hydrogens is 799 g/mol. The average molecular weight is 844 g/mol. The van der Waals surface area contributed by atoms with Crippen molar-refractivity contribution in [2.45, 2.75) is 49.6 Å². The summed E-state index contributed by atoms with van der Waals surface area (Å²) in [5, 5.41) is 36.2. The molecule has 0 saturated carbocycles. The Morgan fingerprint density at radius 3 is 2.25 bits per heavy atom. The number of carbonyl (C=O) groups is 8. The van der Waals surface area contributed by atoms with Gasteiger partial charge in [-0.1, -0.05) is 18.2 Å². The molecule has 7 N–H and O–H groups in total. The Labute approximate surface area is 348 Å². The van der Waals surface area contributed by atoms with E-state index in [0.717, 1.165) is 0 Å². The highest BCUT2D eigenvalue weighted by molar-refractivity contribution is 7.98. The van der Waals surface area contributed by atoms with Gasteiger partial charge in [-0.05, 0) is 56.6 Å². The number of aromatic hydroxyl groups is 2. The normalized spacial score (nSPS) is 16.5. The maximum absolute atomic E-state index is 13.5. The number of likely N-dealkylation sites (tertiary alicyclic amines) is 1. The lowest BCUT2D eigenvalue weighted by Crippen LogP contribution is -2.50. The lowest BCUT2D eigenvalue weighted by Gasteiger charge is -2.29. The van der Waals surface area contributed by atoms with Gasteiger partial charge in [0.25, 0.3) is 5.91 Å². The summed E-state index contributed by atoms with van der Waals surface area (Å²) in [6.07, 6.45) is 3.16. The first-order chi connectivity index (χ1) is 28.8. The first-order valence-electron chi connectivity index (χ1n) is 19.4. The van der Waals surface area contributed by atoms with Crippen LogP contribution in [0.5, 0.6) is 17.2 Å². The Morgan fingerprint density at radius 1 is 0.800 bits per heavy atom. The topological polar surface area (TPSA) is 263 Å². The molecular formula is C41H45N7O11S. The number of methoxy groups -OCH3 is 1. The number of nitrogens with zero attached hydrogens (tertiary/aromatic N) is 2. The highest BCUT2D eigenvalue weighted by atomic mass is 32.2. The third-order valence-corrected chi connectivity index (χ3v) is 11.3. The zero-order chi connectivity index (χ0) is 43.1. The first-order valence-corrected chi connectivity index (χ1v) is 20.6. The summed E-state index contributed by atoms with van der Waals surface area (Å²) in [7, 11) is 1.36. The molecule has 1 fully saturated rings. The lowest BCUT2D eigenvalue weighted by molar-refractivity contribution is -0.138. The second-order valence-corrected chi connectivity index (χ2v) is 15.2. The average Bonchev–Trinajstić information content (AvgIpc) is 3.76. The molecule has 0 spiro atoms. The van der Waals surface area contributed by atoms with Gasteiger partial charge < -0.3 is 46.4 Å². The summed E-state index contributed by atoms with van der Waals surface area (Å²) < 4.78 is 5.28. The van der Waals surface area contributed by atoms with Gasteiger partial charge in [-0.25, -0.2) is 4.98 Å². The molecule has 18 nitrogen and oxygen atoms in total. The minimum atomic E-state index is -0.780. The number of phenols is 2. The largest absolute Gasteiger partial charge is 0.507 e. The van der Waals surface area contributed by atoms with Crippen LogP contribution in [0, 0.1) is 5.92 Å². The highest BCUT2D eigenvalue weighted by Gasteiger charge is 2.41. The van der Waals surface area contributed by atoms with E-state index in [2.05, 4.69) is 31.6 Å². The number of benzene rings is 2. The first kappa shape index (κ1) is 43.1. The zero-order valence-corrected chi connectivity index (χ0v) is 33.8. The van der Waals surface area contributed by atoms with Crippen LogP contribution in [0.4, 0.5) is 0 Å². The molecule has 1 saturated heterocycles.